The molecule has 0 spiro atoms. The summed E-state index contributed by atoms with van der Waals surface area (Å²) in [7, 11) is 1.68. The Bertz CT molecular complexity index is 920. The van der Waals surface area contributed by atoms with E-state index in [1.807, 2.05) is 27.7 Å². The molecule has 3 rings (SSSR count). The average Bonchev–Trinajstić information content (AvgIpc) is 2.64. The van der Waals surface area contributed by atoms with E-state index in [0.717, 1.165) is 12.8 Å². The van der Waals surface area contributed by atoms with Crippen LogP contribution >= 0.6 is 0 Å². The van der Waals surface area contributed by atoms with Gasteiger partial charge in [-0.2, -0.15) is 0 Å². The molecule has 0 amide bonds. The summed E-state index contributed by atoms with van der Waals surface area (Å²) in [6.07, 6.45) is 1.59. The van der Waals surface area contributed by atoms with Gasteiger partial charge in [0.2, 0.25) is 0 Å². The molecule has 0 bridgehead atoms. The number of hydrogen-bond acceptors (Lipinski definition) is 5. The quantitative estimate of drug-likeness (QED) is 0.785. The lowest BCUT2D eigenvalue weighted by Crippen LogP contribution is -2.40. The minimum absolute atomic E-state index is 0.126. The maximum Gasteiger partial charge on any atom is 0.261 e. The first-order valence-electron chi connectivity index (χ1n) is 9.55. The Hall–Kier alpha value is -1.48. The van der Waals surface area contributed by atoms with Crippen LogP contribution in [-0.4, -0.2) is 32.1 Å². The van der Waals surface area contributed by atoms with Crippen LogP contribution in [0.3, 0.4) is 0 Å². The van der Waals surface area contributed by atoms with E-state index in [1.165, 1.54) is 16.7 Å². The smallest absolute Gasteiger partial charge is 0.261 e. The van der Waals surface area contributed by atoms with Gasteiger partial charge in [-0.3, -0.25) is 9.36 Å². The minimum atomic E-state index is -1.34. The second-order valence-electron chi connectivity index (χ2n) is 8.33. The summed E-state index contributed by atoms with van der Waals surface area (Å²) < 4.78 is 36.3. The Morgan fingerprint density at radius 3 is 2.61 bits per heavy atom. The topological polar surface area (TPSA) is 79.2 Å². The number of nitrogens with one attached hydrogen (secondary N) is 1. The molecule has 1 aliphatic heterocycles. The second kappa shape index (κ2) is 8.10. The monoisotopic (exact) mass is 409 g/mol. The maximum absolute atomic E-state index is 14.3. The lowest BCUT2D eigenvalue weighted by atomic mass is 9.98. The summed E-state index contributed by atoms with van der Waals surface area (Å²) in [5, 5.41) is 0.239. The van der Waals surface area contributed by atoms with Gasteiger partial charge in [-0.05, 0) is 52.7 Å². The summed E-state index contributed by atoms with van der Waals surface area (Å²) in [6, 6.07) is 2.18. The van der Waals surface area contributed by atoms with Crippen molar-refractivity contribution >= 4 is 22.3 Å². The van der Waals surface area contributed by atoms with Crippen molar-refractivity contribution in [3.63, 3.8) is 0 Å². The lowest BCUT2D eigenvalue weighted by Gasteiger charge is -2.27. The molecule has 28 heavy (non-hydrogen) atoms. The van der Waals surface area contributed by atoms with Gasteiger partial charge in [0.1, 0.15) is 16.4 Å². The fraction of sp³-hybridized carbons (Fsp3) is 0.600. The van der Waals surface area contributed by atoms with E-state index < -0.39 is 28.0 Å². The van der Waals surface area contributed by atoms with Crippen LogP contribution in [0.25, 0.3) is 10.9 Å². The third kappa shape index (κ3) is 4.25. The van der Waals surface area contributed by atoms with Gasteiger partial charge >= 0.3 is 0 Å². The van der Waals surface area contributed by atoms with Crippen molar-refractivity contribution in [2.24, 2.45) is 7.05 Å². The van der Waals surface area contributed by atoms with Gasteiger partial charge in [0.25, 0.3) is 5.56 Å². The molecular weight excluding hydrogens is 381 g/mol. The largest absolute Gasteiger partial charge is 0.598 e. The van der Waals surface area contributed by atoms with Crippen LogP contribution in [0.4, 0.5) is 4.39 Å². The van der Waals surface area contributed by atoms with Crippen LogP contribution in [0.15, 0.2) is 16.9 Å². The molecule has 0 radical (unpaired) electrons. The molecule has 0 saturated carbocycles. The van der Waals surface area contributed by atoms with Crippen molar-refractivity contribution in [2.75, 3.05) is 13.2 Å². The average molecular weight is 410 g/mol. The molecule has 0 aliphatic carbocycles. The molecule has 1 fully saturated rings. The highest BCUT2D eigenvalue weighted by Gasteiger charge is 2.30. The Kier molecular flexibility index (Phi) is 6.14. The maximum atomic E-state index is 14.3. The molecule has 1 N–H and O–H groups in total. The number of aromatic nitrogens is 2. The minimum Gasteiger partial charge on any atom is -0.598 e. The molecule has 8 heteroatoms. The Balaban J connectivity index is 2.12. The Morgan fingerprint density at radius 1 is 1.36 bits per heavy atom. The summed E-state index contributed by atoms with van der Waals surface area (Å²) >= 11 is -1.34. The molecular formula is C20H28FN3O3S. The Labute approximate surface area is 167 Å². The number of ether oxygens (including phenoxy) is 1. The SMILES string of the molecule is C[C@@H](N[S@+]([O-])C(C)(C)C)c1cc(F)cc2c(=O)n(C)c(C3CCOCC3)nc12. The molecule has 1 aliphatic rings. The first-order chi connectivity index (χ1) is 13.1. The van der Waals surface area contributed by atoms with Gasteiger partial charge in [0, 0.05) is 43.1 Å². The van der Waals surface area contributed by atoms with Gasteiger partial charge in [-0.15, -0.1) is 4.72 Å². The zero-order valence-electron chi connectivity index (χ0n) is 17.0. The molecule has 2 heterocycles. The lowest BCUT2D eigenvalue weighted by molar-refractivity contribution is 0.0828. The first-order valence-corrected chi connectivity index (χ1v) is 10.7. The van der Waals surface area contributed by atoms with E-state index in [-0.39, 0.29) is 16.9 Å². The van der Waals surface area contributed by atoms with E-state index >= 15 is 0 Å². The zero-order valence-corrected chi connectivity index (χ0v) is 17.9. The fourth-order valence-electron chi connectivity index (χ4n) is 3.43. The van der Waals surface area contributed by atoms with E-state index in [2.05, 4.69) is 4.72 Å². The van der Waals surface area contributed by atoms with Crippen molar-refractivity contribution in [1.82, 2.24) is 14.3 Å². The molecule has 154 valence electrons. The standard InChI is InChI=1S/C20H28FN3O3S/c1-12(23-28(26)20(2,3)4)15-10-14(21)11-16-17(15)22-18(24(5)19(16)25)13-6-8-27-9-7-13/h10-13,23H,6-9H2,1-5H3/t12-,28-/m1/s1. The van der Waals surface area contributed by atoms with Crippen molar-refractivity contribution in [1.29, 1.82) is 0 Å². The third-order valence-corrected chi connectivity index (χ3v) is 6.78. The highest BCUT2D eigenvalue weighted by Crippen LogP contribution is 2.29. The van der Waals surface area contributed by atoms with Gasteiger partial charge in [-0.25, -0.2) is 9.37 Å². The van der Waals surface area contributed by atoms with Crippen molar-refractivity contribution in [3.8, 4) is 0 Å². The summed E-state index contributed by atoms with van der Waals surface area (Å²) in [4.78, 5) is 17.7. The van der Waals surface area contributed by atoms with Gasteiger partial charge < -0.3 is 9.29 Å². The van der Waals surface area contributed by atoms with E-state index in [9.17, 15) is 13.7 Å². The van der Waals surface area contributed by atoms with Crippen molar-refractivity contribution < 1.29 is 13.7 Å². The van der Waals surface area contributed by atoms with Crippen LogP contribution < -0.4 is 10.3 Å². The number of rotatable bonds is 4. The molecule has 1 saturated heterocycles. The van der Waals surface area contributed by atoms with Crippen molar-refractivity contribution in [2.45, 2.75) is 57.2 Å². The van der Waals surface area contributed by atoms with Crippen LogP contribution in [0.1, 0.15) is 63.9 Å². The second-order valence-corrected chi connectivity index (χ2v) is 10.3. The number of halogens is 1. The molecule has 1 aromatic carbocycles. The highest BCUT2D eigenvalue weighted by molar-refractivity contribution is 7.90. The van der Waals surface area contributed by atoms with Gasteiger partial charge in [0.05, 0.1) is 16.9 Å². The number of fused-ring (bicyclic) bond motifs is 1. The van der Waals surface area contributed by atoms with Crippen LogP contribution in [0.5, 0.6) is 0 Å². The number of benzene rings is 1. The molecule has 2 aromatic rings. The zero-order chi connectivity index (χ0) is 20.6. The molecule has 1 aromatic heterocycles. The van der Waals surface area contributed by atoms with E-state index in [4.69, 9.17) is 9.72 Å². The molecule has 0 unspecified atom stereocenters. The fourth-order valence-corrected chi connectivity index (χ4v) is 4.24. The number of nitrogens with zero attached hydrogens (tertiary/aromatic N) is 2. The normalized spacial score (nSPS) is 18.4. The van der Waals surface area contributed by atoms with Crippen LogP contribution in [0, 0.1) is 5.82 Å². The predicted octanol–water partition coefficient (Wildman–Crippen LogP) is 3.08. The first kappa shape index (κ1) is 21.2. The van der Waals surface area contributed by atoms with Crippen molar-refractivity contribution in [3.05, 3.63) is 39.7 Å². The van der Waals surface area contributed by atoms with Crippen LogP contribution in [0.2, 0.25) is 0 Å². The van der Waals surface area contributed by atoms with Gasteiger partial charge in [0.15, 0.2) is 0 Å². The molecule has 6 nitrogen and oxygen atoms in total. The molecule has 2 atom stereocenters. The summed E-state index contributed by atoms with van der Waals surface area (Å²) in [5.74, 6) is 0.314. The van der Waals surface area contributed by atoms with E-state index in [1.54, 1.807) is 7.05 Å². The van der Waals surface area contributed by atoms with Crippen LogP contribution in [-0.2, 0) is 23.1 Å². The van der Waals surface area contributed by atoms with E-state index in [0.29, 0.717) is 30.1 Å². The summed E-state index contributed by atoms with van der Waals surface area (Å²) in [5.41, 5.74) is 0.742. The highest BCUT2D eigenvalue weighted by atomic mass is 32.2. The Morgan fingerprint density at radius 2 is 2.00 bits per heavy atom. The summed E-state index contributed by atoms with van der Waals surface area (Å²) in [6.45, 7) is 8.68. The number of hydrogen-bond donors (Lipinski definition) is 1. The third-order valence-electron chi connectivity index (χ3n) is 5.10. The van der Waals surface area contributed by atoms with Gasteiger partial charge in [-0.1, -0.05) is 0 Å². The predicted molar refractivity (Wildman–Crippen MR) is 109 cm³/mol.